The van der Waals surface area contributed by atoms with E-state index in [1.54, 1.807) is 6.07 Å². The maximum atomic E-state index is 11.7. The van der Waals surface area contributed by atoms with E-state index in [-0.39, 0.29) is 17.3 Å². The fraction of sp³-hybridized carbons (Fsp3) is 0.571. The molecule has 0 radical (unpaired) electrons. The highest BCUT2D eigenvalue weighted by Gasteiger charge is 2.20. The second-order valence-corrected chi connectivity index (χ2v) is 4.38. The van der Waals surface area contributed by atoms with Gasteiger partial charge >= 0.3 is 0 Å². The first-order valence-corrected chi connectivity index (χ1v) is 6.39. The number of aryl methyl sites for hydroxylation is 1. The quantitative estimate of drug-likeness (QED) is 0.813. The van der Waals surface area contributed by atoms with Gasteiger partial charge < -0.3 is 4.98 Å². The lowest BCUT2D eigenvalue weighted by Crippen LogP contribution is -2.22. The predicted octanol–water partition coefficient (Wildman–Crippen LogP) is 3.04. The van der Waals surface area contributed by atoms with Gasteiger partial charge in [-0.25, -0.2) is 0 Å². The number of hydrogen-bond donors (Lipinski definition) is 1. The summed E-state index contributed by atoms with van der Waals surface area (Å²) in [6.45, 7) is 7.93. The predicted molar refractivity (Wildman–Crippen MR) is 69.8 cm³/mol. The number of nitrogens with one attached hydrogen (secondary N) is 1. The number of carbonyl (C=O) groups is 1. The van der Waals surface area contributed by atoms with Gasteiger partial charge in [-0.1, -0.05) is 27.7 Å². The summed E-state index contributed by atoms with van der Waals surface area (Å²) < 4.78 is 0. The largest absolute Gasteiger partial charge is 0.325 e. The molecular formula is C14H21NO2. The summed E-state index contributed by atoms with van der Waals surface area (Å²) in [7, 11) is 0. The van der Waals surface area contributed by atoms with Gasteiger partial charge in [-0.05, 0) is 24.8 Å². The molecule has 0 unspecified atom stereocenters. The Morgan fingerprint density at radius 1 is 1.18 bits per heavy atom. The van der Waals surface area contributed by atoms with Gasteiger partial charge in [0.1, 0.15) is 0 Å². The second-order valence-electron chi connectivity index (χ2n) is 4.38. The number of Topliss-reactive ketones (excluding diaryl/α,β-unsaturated/α-hetero) is 1. The topological polar surface area (TPSA) is 49.9 Å². The lowest BCUT2D eigenvalue weighted by atomic mass is 9.92. The summed E-state index contributed by atoms with van der Waals surface area (Å²) in [5, 5.41) is 0. The number of fused-ring (bicyclic) bond motifs is 1. The first-order chi connectivity index (χ1) is 8.09. The summed E-state index contributed by atoms with van der Waals surface area (Å²) in [6.07, 6.45) is 2.27. The average molecular weight is 235 g/mol. The fourth-order valence-corrected chi connectivity index (χ4v) is 2.02. The van der Waals surface area contributed by atoms with E-state index in [0.29, 0.717) is 12.0 Å². The summed E-state index contributed by atoms with van der Waals surface area (Å²) in [6, 6.07) is 1.78. The number of hydrogen-bond acceptors (Lipinski definition) is 2. The van der Waals surface area contributed by atoms with Crippen molar-refractivity contribution >= 4 is 5.78 Å². The van der Waals surface area contributed by atoms with Gasteiger partial charge in [0.15, 0.2) is 5.78 Å². The highest BCUT2D eigenvalue weighted by molar-refractivity contribution is 5.98. The molecule has 17 heavy (non-hydrogen) atoms. The number of pyridine rings is 1. The molecule has 0 bridgehead atoms. The van der Waals surface area contributed by atoms with Crippen LogP contribution in [-0.4, -0.2) is 10.8 Å². The maximum absolute atomic E-state index is 11.7. The second kappa shape index (κ2) is 5.80. The molecule has 0 fully saturated rings. The lowest BCUT2D eigenvalue weighted by Gasteiger charge is -2.16. The molecule has 3 heteroatoms. The Kier molecular flexibility index (Phi) is 4.67. The van der Waals surface area contributed by atoms with Crippen molar-refractivity contribution in [2.24, 2.45) is 0 Å². The van der Waals surface area contributed by atoms with Gasteiger partial charge in [0.25, 0.3) is 5.56 Å². The van der Waals surface area contributed by atoms with Crippen molar-refractivity contribution in [2.75, 3.05) is 0 Å². The van der Waals surface area contributed by atoms with E-state index in [0.717, 1.165) is 24.1 Å². The van der Waals surface area contributed by atoms with Crippen LogP contribution in [0.3, 0.4) is 0 Å². The van der Waals surface area contributed by atoms with Crippen molar-refractivity contribution in [3.63, 3.8) is 0 Å². The number of aromatic nitrogens is 1. The Morgan fingerprint density at radius 3 is 2.41 bits per heavy atom. The highest BCUT2D eigenvalue weighted by Crippen LogP contribution is 2.21. The third-order valence-electron chi connectivity index (χ3n) is 2.90. The third kappa shape index (κ3) is 2.84. The van der Waals surface area contributed by atoms with E-state index in [2.05, 4.69) is 4.98 Å². The van der Waals surface area contributed by atoms with Crippen LogP contribution in [0.5, 0.6) is 0 Å². The summed E-state index contributed by atoms with van der Waals surface area (Å²) >= 11 is 0. The van der Waals surface area contributed by atoms with Crippen LogP contribution in [0, 0.1) is 0 Å². The van der Waals surface area contributed by atoms with Crippen LogP contribution in [0.15, 0.2) is 10.9 Å². The Bertz CT molecular complexity index is 458. The van der Waals surface area contributed by atoms with Gasteiger partial charge in [0, 0.05) is 23.2 Å². The lowest BCUT2D eigenvalue weighted by molar-refractivity contribution is 0.0971. The number of ketones is 1. The van der Waals surface area contributed by atoms with Gasteiger partial charge in [-0.2, -0.15) is 0 Å². The Hall–Kier alpha value is -1.38. The van der Waals surface area contributed by atoms with E-state index in [1.165, 1.54) is 0 Å². The standard InChI is InChI=1S/C12H15NO2.C2H6/c1-7(2)8-6-9-10(13-12(8)15)4-3-5-11(9)14;1-2/h6-7H,3-5H2,1-2H3,(H,13,15);1-2H3. The summed E-state index contributed by atoms with van der Waals surface area (Å²) in [4.78, 5) is 26.2. The number of carbonyl (C=O) groups excluding carboxylic acids is 1. The zero-order valence-corrected chi connectivity index (χ0v) is 11.1. The molecule has 0 saturated carbocycles. The van der Waals surface area contributed by atoms with Crippen molar-refractivity contribution in [2.45, 2.75) is 52.9 Å². The normalized spacial score (nSPS) is 14.1. The van der Waals surface area contributed by atoms with E-state index in [4.69, 9.17) is 0 Å². The Morgan fingerprint density at radius 2 is 1.82 bits per heavy atom. The smallest absolute Gasteiger partial charge is 0.251 e. The molecule has 0 aromatic carbocycles. The number of H-pyrrole nitrogens is 1. The molecule has 1 aromatic rings. The van der Waals surface area contributed by atoms with Crippen LogP contribution >= 0.6 is 0 Å². The molecule has 1 aliphatic carbocycles. The van der Waals surface area contributed by atoms with Crippen molar-refractivity contribution < 1.29 is 4.79 Å². The van der Waals surface area contributed by atoms with Crippen molar-refractivity contribution in [1.29, 1.82) is 0 Å². The molecule has 0 spiro atoms. The molecule has 0 saturated heterocycles. The zero-order valence-electron chi connectivity index (χ0n) is 11.1. The summed E-state index contributed by atoms with van der Waals surface area (Å²) in [5.41, 5.74) is 2.22. The van der Waals surface area contributed by atoms with E-state index < -0.39 is 0 Å². The Labute approximate surface area is 102 Å². The first-order valence-electron chi connectivity index (χ1n) is 6.39. The maximum Gasteiger partial charge on any atom is 0.251 e. The minimum absolute atomic E-state index is 0.0431. The van der Waals surface area contributed by atoms with E-state index >= 15 is 0 Å². The van der Waals surface area contributed by atoms with Gasteiger partial charge in [0.2, 0.25) is 0 Å². The molecule has 0 aliphatic heterocycles. The molecule has 1 aromatic heterocycles. The number of aromatic amines is 1. The monoisotopic (exact) mass is 235 g/mol. The molecule has 94 valence electrons. The molecular weight excluding hydrogens is 214 g/mol. The van der Waals surface area contributed by atoms with Crippen LogP contribution in [0.1, 0.15) is 68.1 Å². The van der Waals surface area contributed by atoms with E-state index in [9.17, 15) is 9.59 Å². The van der Waals surface area contributed by atoms with Gasteiger partial charge in [-0.3, -0.25) is 9.59 Å². The van der Waals surface area contributed by atoms with Crippen LogP contribution in [0.25, 0.3) is 0 Å². The molecule has 1 heterocycles. The van der Waals surface area contributed by atoms with Crippen molar-refractivity contribution in [1.82, 2.24) is 4.98 Å². The molecule has 3 nitrogen and oxygen atoms in total. The molecule has 2 rings (SSSR count). The summed E-state index contributed by atoms with van der Waals surface area (Å²) in [5.74, 6) is 0.322. The molecule has 1 N–H and O–H groups in total. The average Bonchev–Trinajstić information content (AvgIpc) is 2.31. The Balaban J connectivity index is 0.000000686. The van der Waals surface area contributed by atoms with E-state index in [1.807, 2.05) is 27.7 Å². The van der Waals surface area contributed by atoms with Crippen LogP contribution < -0.4 is 5.56 Å². The number of rotatable bonds is 1. The fourth-order valence-electron chi connectivity index (χ4n) is 2.02. The van der Waals surface area contributed by atoms with Crippen molar-refractivity contribution in [3.8, 4) is 0 Å². The SMILES string of the molecule is CC.CC(C)c1cc2c([nH]c1=O)CCCC2=O. The van der Waals surface area contributed by atoms with Gasteiger partial charge in [-0.15, -0.1) is 0 Å². The van der Waals surface area contributed by atoms with Crippen LogP contribution in [-0.2, 0) is 6.42 Å². The highest BCUT2D eigenvalue weighted by atomic mass is 16.1. The molecule has 0 atom stereocenters. The van der Waals surface area contributed by atoms with Gasteiger partial charge in [0.05, 0.1) is 0 Å². The first kappa shape index (κ1) is 13.7. The van der Waals surface area contributed by atoms with Crippen molar-refractivity contribution in [3.05, 3.63) is 33.2 Å². The minimum Gasteiger partial charge on any atom is -0.325 e. The third-order valence-corrected chi connectivity index (χ3v) is 2.90. The van der Waals surface area contributed by atoms with Crippen LogP contribution in [0.2, 0.25) is 0 Å². The molecule has 1 aliphatic rings. The van der Waals surface area contributed by atoms with Crippen LogP contribution in [0.4, 0.5) is 0 Å². The zero-order chi connectivity index (χ0) is 13.0. The minimum atomic E-state index is -0.0431. The molecule has 0 amide bonds.